The molecule has 1 aliphatic rings. The second-order valence-electron chi connectivity index (χ2n) is 4.26. The van der Waals surface area contributed by atoms with E-state index >= 15 is 0 Å². The quantitative estimate of drug-likeness (QED) is 0.651. The fraction of sp³-hybridized carbons (Fsp3) is 0.455. The molecule has 1 aromatic rings. The van der Waals surface area contributed by atoms with Gasteiger partial charge in [0, 0.05) is 12.6 Å². The van der Waals surface area contributed by atoms with Gasteiger partial charge in [0.15, 0.2) is 0 Å². The highest BCUT2D eigenvalue weighted by Crippen LogP contribution is 2.25. The van der Waals surface area contributed by atoms with Crippen LogP contribution >= 0.6 is 11.6 Å². The van der Waals surface area contributed by atoms with Crippen molar-refractivity contribution in [2.75, 3.05) is 11.9 Å². The minimum Gasteiger partial charge on any atom is -0.357 e. The number of aromatic nitrogens is 1. The maximum Gasteiger partial charge on any atom is 0.289 e. The van der Waals surface area contributed by atoms with Crippen molar-refractivity contribution < 1.29 is 9.72 Å². The predicted molar refractivity (Wildman–Crippen MR) is 70.2 cm³/mol. The number of hydrogen-bond donors (Lipinski definition) is 2. The number of amides is 1. The van der Waals surface area contributed by atoms with Crippen LogP contribution in [-0.4, -0.2) is 28.4 Å². The Labute approximate surface area is 114 Å². The van der Waals surface area contributed by atoms with E-state index in [4.69, 9.17) is 11.6 Å². The van der Waals surface area contributed by atoms with Gasteiger partial charge in [0.2, 0.25) is 5.91 Å². The summed E-state index contributed by atoms with van der Waals surface area (Å²) in [5, 5.41) is 16.4. The van der Waals surface area contributed by atoms with Gasteiger partial charge in [-0.3, -0.25) is 14.9 Å². The van der Waals surface area contributed by atoms with Crippen LogP contribution in [0.4, 0.5) is 11.5 Å². The summed E-state index contributed by atoms with van der Waals surface area (Å²) < 4.78 is 0. The van der Waals surface area contributed by atoms with Crippen LogP contribution in [0, 0.1) is 10.1 Å². The molecule has 2 rings (SSSR count). The smallest absolute Gasteiger partial charge is 0.289 e. The van der Waals surface area contributed by atoms with E-state index in [0.717, 1.165) is 19.0 Å². The standard InChI is InChI=1S/C11H13ClN4O3/c12-8-5-7(16(18)19)6-14-10(8)15-9-3-1-2-4-13-11(9)17/h5-6,9H,1-4H2,(H,13,17)(H,14,15)/t9-/m1/s1. The topological polar surface area (TPSA) is 97.2 Å². The Morgan fingerprint density at radius 2 is 2.32 bits per heavy atom. The van der Waals surface area contributed by atoms with Crippen LogP contribution in [0.1, 0.15) is 19.3 Å². The zero-order valence-corrected chi connectivity index (χ0v) is 10.8. The molecule has 102 valence electrons. The molecule has 0 saturated carbocycles. The highest BCUT2D eigenvalue weighted by molar-refractivity contribution is 6.33. The number of nitro groups is 1. The Balaban J connectivity index is 2.14. The first-order chi connectivity index (χ1) is 9.08. The lowest BCUT2D eigenvalue weighted by Crippen LogP contribution is -2.38. The van der Waals surface area contributed by atoms with E-state index in [9.17, 15) is 14.9 Å². The summed E-state index contributed by atoms with van der Waals surface area (Å²) in [5.74, 6) is 0.183. The van der Waals surface area contributed by atoms with Crippen LogP contribution < -0.4 is 10.6 Å². The molecular weight excluding hydrogens is 272 g/mol. The highest BCUT2D eigenvalue weighted by Gasteiger charge is 2.22. The number of hydrogen-bond acceptors (Lipinski definition) is 5. The molecular formula is C11H13ClN4O3. The lowest BCUT2D eigenvalue weighted by atomic mass is 10.1. The number of rotatable bonds is 3. The summed E-state index contributed by atoms with van der Waals surface area (Å²) in [6.45, 7) is 0.665. The minimum absolute atomic E-state index is 0.103. The zero-order valence-electron chi connectivity index (χ0n) is 10.1. The summed E-state index contributed by atoms with van der Waals surface area (Å²) in [6.07, 6.45) is 3.65. The summed E-state index contributed by atoms with van der Waals surface area (Å²) in [5.41, 5.74) is -0.180. The van der Waals surface area contributed by atoms with Crippen molar-refractivity contribution in [3.8, 4) is 0 Å². The number of anilines is 1. The third-order valence-corrected chi connectivity index (χ3v) is 3.17. The Hall–Kier alpha value is -1.89. The Morgan fingerprint density at radius 1 is 1.53 bits per heavy atom. The van der Waals surface area contributed by atoms with Gasteiger partial charge >= 0.3 is 0 Å². The molecule has 1 amide bonds. The maximum atomic E-state index is 11.8. The van der Waals surface area contributed by atoms with Crippen LogP contribution in [0.3, 0.4) is 0 Å². The number of carbonyl (C=O) groups is 1. The van der Waals surface area contributed by atoms with Crippen LogP contribution in [0.2, 0.25) is 5.02 Å². The van der Waals surface area contributed by atoms with Gasteiger partial charge in [0.25, 0.3) is 5.69 Å². The van der Waals surface area contributed by atoms with E-state index in [2.05, 4.69) is 15.6 Å². The minimum atomic E-state index is -0.568. The first kappa shape index (κ1) is 13.5. The maximum absolute atomic E-state index is 11.8. The molecule has 8 heteroatoms. The van der Waals surface area contributed by atoms with E-state index in [-0.39, 0.29) is 22.4 Å². The fourth-order valence-corrected chi connectivity index (χ4v) is 2.09. The van der Waals surface area contributed by atoms with Crippen molar-refractivity contribution in [3.63, 3.8) is 0 Å². The zero-order chi connectivity index (χ0) is 13.8. The van der Waals surface area contributed by atoms with Gasteiger partial charge < -0.3 is 10.6 Å². The predicted octanol–water partition coefficient (Wildman–Crippen LogP) is 1.72. The highest BCUT2D eigenvalue weighted by atomic mass is 35.5. The van der Waals surface area contributed by atoms with E-state index in [1.54, 1.807) is 0 Å². The molecule has 1 saturated heterocycles. The van der Waals surface area contributed by atoms with Crippen molar-refractivity contribution in [2.45, 2.75) is 25.3 Å². The van der Waals surface area contributed by atoms with Crippen LogP contribution in [0.5, 0.6) is 0 Å². The Morgan fingerprint density at radius 3 is 3.00 bits per heavy atom. The molecule has 1 atom stereocenters. The van der Waals surface area contributed by atoms with Crippen LogP contribution in [0.25, 0.3) is 0 Å². The van der Waals surface area contributed by atoms with Gasteiger partial charge in [-0.15, -0.1) is 0 Å². The normalized spacial score (nSPS) is 19.4. The molecule has 1 aromatic heterocycles. The lowest BCUT2D eigenvalue weighted by molar-refractivity contribution is -0.385. The molecule has 0 aromatic carbocycles. The summed E-state index contributed by atoms with van der Waals surface area (Å²) in [4.78, 5) is 25.7. The Bertz CT molecular complexity index is 509. The lowest BCUT2D eigenvalue weighted by Gasteiger charge is -2.16. The Kier molecular flexibility index (Phi) is 4.16. The van der Waals surface area contributed by atoms with Gasteiger partial charge in [0.1, 0.15) is 18.1 Å². The van der Waals surface area contributed by atoms with E-state index in [1.165, 1.54) is 6.07 Å². The molecule has 1 fully saturated rings. The average molecular weight is 285 g/mol. The van der Waals surface area contributed by atoms with E-state index in [0.29, 0.717) is 13.0 Å². The van der Waals surface area contributed by atoms with Crippen molar-refractivity contribution in [1.82, 2.24) is 10.3 Å². The molecule has 0 bridgehead atoms. The molecule has 7 nitrogen and oxygen atoms in total. The summed E-state index contributed by atoms with van der Waals surface area (Å²) in [7, 11) is 0. The first-order valence-corrected chi connectivity index (χ1v) is 6.30. The van der Waals surface area contributed by atoms with Crippen molar-refractivity contribution >= 4 is 29.0 Å². The molecule has 19 heavy (non-hydrogen) atoms. The van der Waals surface area contributed by atoms with Crippen molar-refractivity contribution in [2.24, 2.45) is 0 Å². The largest absolute Gasteiger partial charge is 0.357 e. The summed E-state index contributed by atoms with van der Waals surface area (Å²) >= 11 is 5.92. The number of pyridine rings is 1. The van der Waals surface area contributed by atoms with Crippen molar-refractivity contribution in [3.05, 3.63) is 27.4 Å². The molecule has 1 aliphatic heterocycles. The molecule has 0 spiro atoms. The average Bonchev–Trinajstić information content (AvgIpc) is 2.57. The molecule has 0 aliphatic carbocycles. The van der Waals surface area contributed by atoms with Gasteiger partial charge in [-0.1, -0.05) is 11.6 Å². The second-order valence-corrected chi connectivity index (χ2v) is 4.67. The second kappa shape index (κ2) is 5.83. The van der Waals surface area contributed by atoms with Crippen LogP contribution in [0.15, 0.2) is 12.3 Å². The van der Waals surface area contributed by atoms with Crippen molar-refractivity contribution in [1.29, 1.82) is 0 Å². The molecule has 0 unspecified atom stereocenters. The van der Waals surface area contributed by atoms with E-state index < -0.39 is 11.0 Å². The molecule has 0 radical (unpaired) electrons. The van der Waals surface area contributed by atoms with Gasteiger partial charge in [-0.2, -0.15) is 0 Å². The van der Waals surface area contributed by atoms with Gasteiger partial charge in [-0.25, -0.2) is 4.98 Å². The fourth-order valence-electron chi connectivity index (χ4n) is 1.88. The van der Waals surface area contributed by atoms with E-state index in [1.807, 2.05) is 0 Å². The molecule has 2 heterocycles. The summed E-state index contributed by atoms with van der Waals surface area (Å²) in [6, 6.07) is 0.805. The SMILES string of the molecule is O=C1NCCCC[C@H]1Nc1ncc([N+](=O)[O-])cc1Cl. The third kappa shape index (κ3) is 3.31. The van der Waals surface area contributed by atoms with Gasteiger partial charge in [-0.05, 0) is 19.3 Å². The van der Waals surface area contributed by atoms with Gasteiger partial charge in [0.05, 0.1) is 9.95 Å². The number of nitrogens with zero attached hydrogens (tertiary/aromatic N) is 2. The van der Waals surface area contributed by atoms with Crippen LogP contribution in [-0.2, 0) is 4.79 Å². The first-order valence-electron chi connectivity index (χ1n) is 5.92. The third-order valence-electron chi connectivity index (χ3n) is 2.88. The monoisotopic (exact) mass is 284 g/mol. The molecule has 2 N–H and O–H groups in total. The number of halogens is 1. The number of carbonyl (C=O) groups excluding carboxylic acids is 1. The number of nitrogens with one attached hydrogen (secondary N) is 2.